The Kier molecular flexibility index (Phi) is 4.95. The predicted octanol–water partition coefficient (Wildman–Crippen LogP) is 4.89. The van der Waals surface area contributed by atoms with Crippen LogP contribution in [0.15, 0.2) is 24.3 Å². The van der Waals surface area contributed by atoms with E-state index >= 15 is 0 Å². The van der Waals surface area contributed by atoms with Crippen molar-refractivity contribution < 1.29 is 26.3 Å². The maximum absolute atomic E-state index is 12.4. The Morgan fingerprint density at radius 3 is 2.22 bits per heavy atom. The third-order valence-electron chi connectivity index (χ3n) is 2.05. The monoisotopic (exact) mass is 288 g/mol. The predicted molar refractivity (Wildman–Crippen MR) is 58.3 cm³/mol. The molecule has 1 aromatic rings. The van der Waals surface area contributed by atoms with Crippen LogP contribution in [0.2, 0.25) is 0 Å². The van der Waals surface area contributed by atoms with Gasteiger partial charge >= 0.3 is 12.4 Å². The van der Waals surface area contributed by atoms with Gasteiger partial charge in [0.1, 0.15) is 0 Å². The first-order chi connectivity index (χ1) is 8.18. The number of thioether (sulfide) groups is 1. The van der Waals surface area contributed by atoms with Crippen LogP contribution in [0.1, 0.15) is 17.5 Å². The number of benzene rings is 1. The standard InChI is InChI=1S/C11H10F6S/c12-10(13,14)4-5-18-7-8-2-1-3-9(6-8)11(15,16)17/h1-3,6H,4-5,7H2. The Bertz CT molecular complexity index is 382. The summed E-state index contributed by atoms with van der Waals surface area (Å²) >= 11 is 0.965. The first-order valence-corrected chi connectivity index (χ1v) is 6.14. The quantitative estimate of drug-likeness (QED) is 0.561. The van der Waals surface area contributed by atoms with Gasteiger partial charge in [-0.3, -0.25) is 0 Å². The lowest BCUT2D eigenvalue weighted by molar-refractivity contribution is -0.137. The van der Waals surface area contributed by atoms with Crippen LogP contribution in [0, 0.1) is 0 Å². The molecule has 0 aliphatic rings. The van der Waals surface area contributed by atoms with Crippen molar-refractivity contribution >= 4 is 11.8 Å². The van der Waals surface area contributed by atoms with Gasteiger partial charge in [0.15, 0.2) is 0 Å². The molecule has 0 saturated heterocycles. The third-order valence-corrected chi connectivity index (χ3v) is 3.08. The zero-order valence-electron chi connectivity index (χ0n) is 9.11. The molecule has 0 N–H and O–H groups in total. The van der Waals surface area contributed by atoms with Crippen LogP contribution in [0.25, 0.3) is 0 Å². The lowest BCUT2D eigenvalue weighted by Gasteiger charge is -2.09. The normalized spacial score (nSPS) is 12.8. The molecule has 0 nitrogen and oxygen atoms in total. The van der Waals surface area contributed by atoms with Gasteiger partial charge in [-0.2, -0.15) is 38.1 Å². The van der Waals surface area contributed by atoms with Gasteiger partial charge in [-0.05, 0) is 11.6 Å². The molecular weight excluding hydrogens is 278 g/mol. The van der Waals surface area contributed by atoms with Crippen LogP contribution in [0.4, 0.5) is 26.3 Å². The molecule has 0 heterocycles. The molecule has 0 aromatic heterocycles. The molecule has 0 aliphatic heterocycles. The minimum Gasteiger partial charge on any atom is -0.171 e. The van der Waals surface area contributed by atoms with Crippen LogP contribution in [-0.4, -0.2) is 11.9 Å². The molecule has 0 atom stereocenters. The van der Waals surface area contributed by atoms with Gasteiger partial charge in [-0.25, -0.2) is 0 Å². The highest BCUT2D eigenvalue weighted by Crippen LogP contribution is 2.30. The Morgan fingerprint density at radius 1 is 1.00 bits per heavy atom. The van der Waals surface area contributed by atoms with Crippen molar-refractivity contribution in [3.63, 3.8) is 0 Å². The molecule has 1 aromatic carbocycles. The van der Waals surface area contributed by atoms with Gasteiger partial charge in [0.2, 0.25) is 0 Å². The fourth-order valence-electron chi connectivity index (χ4n) is 1.22. The summed E-state index contributed by atoms with van der Waals surface area (Å²) in [5.74, 6) is -0.0141. The van der Waals surface area contributed by atoms with Crippen LogP contribution in [0.5, 0.6) is 0 Å². The molecule has 0 spiro atoms. The van der Waals surface area contributed by atoms with Gasteiger partial charge in [-0.15, -0.1) is 0 Å². The smallest absolute Gasteiger partial charge is 0.171 e. The van der Waals surface area contributed by atoms with E-state index in [1.807, 2.05) is 0 Å². The molecule has 7 heteroatoms. The zero-order chi connectivity index (χ0) is 13.8. The van der Waals surface area contributed by atoms with E-state index in [1.165, 1.54) is 12.1 Å². The first-order valence-electron chi connectivity index (χ1n) is 4.99. The number of hydrogen-bond acceptors (Lipinski definition) is 1. The Labute approximate surface area is 104 Å². The molecule has 0 radical (unpaired) electrons. The van der Waals surface area contributed by atoms with Gasteiger partial charge in [0.05, 0.1) is 12.0 Å². The van der Waals surface area contributed by atoms with Crippen molar-refractivity contribution in [3.05, 3.63) is 35.4 Å². The van der Waals surface area contributed by atoms with E-state index in [0.29, 0.717) is 5.56 Å². The van der Waals surface area contributed by atoms with E-state index in [2.05, 4.69) is 0 Å². The SMILES string of the molecule is FC(F)(F)CCSCc1cccc(C(F)(F)F)c1. The average Bonchev–Trinajstić information content (AvgIpc) is 2.22. The fraction of sp³-hybridized carbons (Fsp3) is 0.455. The second-order valence-corrected chi connectivity index (χ2v) is 4.72. The molecule has 0 aliphatic carbocycles. The van der Waals surface area contributed by atoms with Gasteiger partial charge in [0, 0.05) is 11.5 Å². The summed E-state index contributed by atoms with van der Waals surface area (Å²) in [6, 6.07) is 4.61. The topological polar surface area (TPSA) is 0 Å². The highest BCUT2D eigenvalue weighted by atomic mass is 32.2. The molecular formula is C11H10F6S. The summed E-state index contributed by atoms with van der Waals surface area (Å²) in [4.78, 5) is 0. The van der Waals surface area contributed by atoms with E-state index < -0.39 is 24.3 Å². The Balaban J connectivity index is 2.49. The number of hydrogen-bond donors (Lipinski definition) is 0. The summed E-state index contributed by atoms with van der Waals surface area (Å²) in [5.41, 5.74) is -0.409. The molecule has 102 valence electrons. The van der Waals surface area contributed by atoms with E-state index in [0.717, 1.165) is 23.9 Å². The average molecular weight is 288 g/mol. The van der Waals surface area contributed by atoms with Crippen molar-refractivity contribution in [2.24, 2.45) is 0 Å². The molecule has 0 unspecified atom stereocenters. The van der Waals surface area contributed by atoms with E-state index in [-0.39, 0.29) is 11.5 Å². The fourth-order valence-corrected chi connectivity index (χ4v) is 2.15. The maximum atomic E-state index is 12.4. The molecule has 0 bridgehead atoms. The highest BCUT2D eigenvalue weighted by Gasteiger charge is 2.30. The molecule has 18 heavy (non-hydrogen) atoms. The van der Waals surface area contributed by atoms with Gasteiger partial charge in [-0.1, -0.05) is 18.2 Å². The summed E-state index contributed by atoms with van der Waals surface area (Å²) < 4.78 is 72.6. The minimum absolute atomic E-state index is 0.139. The van der Waals surface area contributed by atoms with Crippen molar-refractivity contribution in [3.8, 4) is 0 Å². The lowest BCUT2D eigenvalue weighted by atomic mass is 10.1. The summed E-state index contributed by atoms with van der Waals surface area (Å²) in [6.07, 6.45) is -9.58. The summed E-state index contributed by atoms with van der Waals surface area (Å²) in [7, 11) is 0. The lowest BCUT2D eigenvalue weighted by Crippen LogP contribution is -2.08. The van der Waals surface area contributed by atoms with Crippen molar-refractivity contribution in [2.45, 2.75) is 24.5 Å². The Morgan fingerprint density at radius 2 is 1.67 bits per heavy atom. The number of rotatable bonds is 4. The van der Waals surface area contributed by atoms with Crippen LogP contribution in [-0.2, 0) is 11.9 Å². The summed E-state index contributed by atoms with van der Waals surface area (Å²) in [6.45, 7) is 0. The van der Waals surface area contributed by atoms with Gasteiger partial charge in [0.25, 0.3) is 0 Å². The maximum Gasteiger partial charge on any atom is 0.416 e. The van der Waals surface area contributed by atoms with Crippen molar-refractivity contribution in [1.82, 2.24) is 0 Å². The van der Waals surface area contributed by atoms with Gasteiger partial charge < -0.3 is 0 Å². The highest BCUT2D eigenvalue weighted by molar-refractivity contribution is 7.98. The van der Waals surface area contributed by atoms with E-state index in [9.17, 15) is 26.3 Å². The minimum atomic E-state index is -4.42. The second-order valence-electron chi connectivity index (χ2n) is 3.62. The Hall–Kier alpha value is -0.850. The largest absolute Gasteiger partial charge is 0.416 e. The summed E-state index contributed by atoms with van der Waals surface area (Å²) in [5, 5.41) is 0. The van der Waals surface area contributed by atoms with E-state index in [1.54, 1.807) is 0 Å². The van der Waals surface area contributed by atoms with Crippen molar-refractivity contribution in [1.29, 1.82) is 0 Å². The van der Waals surface area contributed by atoms with Crippen molar-refractivity contribution in [2.75, 3.05) is 5.75 Å². The molecule has 0 amide bonds. The third kappa shape index (κ3) is 5.66. The van der Waals surface area contributed by atoms with E-state index in [4.69, 9.17) is 0 Å². The zero-order valence-corrected chi connectivity index (χ0v) is 9.92. The number of halogens is 6. The second kappa shape index (κ2) is 5.86. The van der Waals surface area contributed by atoms with Crippen LogP contribution in [0.3, 0.4) is 0 Å². The molecule has 0 fully saturated rings. The molecule has 1 rings (SSSR count). The van der Waals surface area contributed by atoms with Crippen LogP contribution < -0.4 is 0 Å². The number of alkyl halides is 6. The van der Waals surface area contributed by atoms with Crippen LogP contribution >= 0.6 is 11.8 Å². The molecule has 0 saturated carbocycles. The first kappa shape index (κ1) is 15.2.